The number of carbonyl (C=O) groups is 1. The number of nitrogens with one attached hydrogen (secondary N) is 1. The van der Waals surface area contributed by atoms with Gasteiger partial charge in [0.25, 0.3) is 0 Å². The van der Waals surface area contributed by atoms with Crippen molar-refractivity contribution in [2.24, 2.45) is 5.92 Å². The lowest BCUT2D eigenvalue weighted by Crippen LogP contribution is -2.58. The summed E-state index contributed by atoms with van der Waals surface area (Å²) in [6.45, 7) is 13.0. The van der Waals surface area contributed by atoms with Crippen molar-refractivity contribution in [2.45, 2.75) is 52.6 Å². The summed E-state index contributed by atoms with van der Waals surface area (Å²) in [6.07, 6.45) is 0.773. The van der Waals surface area contributed by atoms with E-state index in [1.807, 2.05) is 25.1 Å². The molecule has 0 spiro atoms. The van der Waals surface area contributed by atoms with Crippen LogP contribution < -0.4 is 10.2 Å². The van der Waals surface area contributed by atoms with Crippen molar-refractivity contribution < 1.29 is 4.79 Å². The fourth-order valence-electron chi connectivity index (χ4n) is 2.95. The summed E-state index contributed by atoms with van der Waals surface area (Å²) in [4.78, 5) is 16.0. The molecule has 2 aromatic rings. The van der Waals surface area contributed by atoms with Crippen LogP contribution in [0.4, 0.5) is 0 Å². The molecular weight excluding hydrogens is 322 g/mol. The highest BCUT2D eigenvalue weighted by molar-refractivity contribution is 6.89. The zero-order valence-electron chi connectivity index (χ0n) is 16.4. The first kappa shape index (κ1) is 19.5. The van der Waals surface area contributed by atoms with E-state index in [1.165, 1.54) is 16.3 Å². The lowest BCUT2D eigenvalue weighted by Gasteiger charge is -2.26. The second-order valence-electron chi connectivity index (χ2n) is 8.53. The molecule has 3 heteroatoms. The molecule has 2 rings (SSSR count). The van der Waals surface area contributed by atoms with Gasteiger partial charge in [0.05, 0.1) is 0 Å². The van der Waals surface area contributed by atoms with Crippen LogP contribution in [0.2, 0.25) is 13.1 Å². The SMILES string of the molecule is CC(Cc1ccc(C(C)(C)C)cc1)C(=O)N[Si](C)(C)c1ccccc1. The molecule has 0 saturated carbocycles. The van der Waals surface area contributed by atoms with Crippen LogP contribution in [-0.2, 0) is 16.6 Å². The molecule has 0 saturated heterocycles. The van der Waals surface area contributed by atoms with Crippen molar-refractivity contribution in [3.63, 3.8) is 0 Å². The van der Waals surface area contributed by atoms with Gasteiger partial charge in [0.15, 0.2) is 8.24 Å². The summed E-state index contributed by atoms with van der Waals surface area (Å²) >= 11 is 0. The zero-order valence-corrected chi connectivity index (χ0v) is 17.4. The molecule has 1 atom stereocenters. The Morgan fingerprint density at radius 1 is 1.00 bits per heavy atom. The van der Waals surface area contributed by atoms with Crippen LogP contribution in [0.5, 0.6) is 0 Å². The van der Waals surface area contributed by atoms with Crippen LogP contribution >= 0.6 is 0 Å². The fourth-order valence-corrected chi connectivity index (χ4v) is 4.98. The Morgan fingerprint density at radius 2 is 1.56 bits per heavy atom. The van der Waals surface area contributed by atoms with Crippen LogP contribution in [0.3, 0.4) is 0 Å². The Labute approximate surface area is 153 Å². The van der Waals surface area contributed by atoms with Gasteiger partial charge in [0.1, 0.15) is 0 Å². The number of amides is 1. The molecule has 134 valence electrons. The minimum Gasteiger partial charge on any atom is -0.378 e. The van der Waals surface area contributed by atoms with E-state index in [0.717, 1.165) is 6.42 Å². The Balaban J connectivity index is 2.01. The highest BCUT2D eigenvalue weighted by Crippen LogP contribution is 2.23. The van der Waals surface area contributed by atoms with Crippen molar-refractivity contribution in [3.8, 4) is 0 Å². The lowest BCUT2D eigenvalue weighted by molar-refractivity contribution is -0.122. The van der Waals surface area contributed by atoms with Gasteiger partial charge in [-0.1, -0.05) is 82.3 Å². The third kappa shape index (κ3) is 5.30. The first-order chi connectivity index (χ1) is 11.6. The molecule has 0 heterocycles. The maximum absolute atomic E-state index is 12.7. The molecule has 1 amide bonds. The summed E-state index contributed by atoms with van der Waals surface area (Å²) < 4.78 is 0. The van der Waals surface area contributed by atoms with Crippen molar-refractivity contribution in [2.75, 3.05) is 0 Å². The number of rotatable bonds is 5. The zero-order chi connectivity index (χ0) is 18.7. The van der Waals surface area contributed by atoms with E-state index in [4.69, 9.17) is 0 Å². The molecule has 0 aromatic heterocycles. The molecule has 0 radical (unpaired) electrons. The molecule has 25 heavy (non-hydrogen) atoms. The Bertz CT molecular complexity index is 699. The van der Waals surface area contributed by atoms with Crippen LogP contribution in [0.1, 0.15) is 38.8 Å². The average Bonchev–Trinajstić information content (AvgIpc) is 2.55. The molecular formula is C22H31NOSi. The highest BCUT2D eigenvalue weighted by Gasteiger charge is 2.28. The van der Waals surface area contributed by atoms with Crippen LogP contribution in [0.25, 0.3) is 0 Å². The maximum Gasteiger partial charge on any atom is 0.215 e. The Morgan fingerprint density at radius 3 is 2.08 bits per heavy atom. The highest BCUT2D eigenvalue weighted by atomic mass is 28.3. The number of carbonyl (C=O) groups excluding carboxylic acids is 1. The van der Waals surface area contributed by atoms with Gasteiger partial charge < -0.3 is 4.98 Å². The molecule has 1 unspecified atom stereocenters. The molecule has 1 N–H and O–H groups in total. The molecule has 0 fully saturated rings. The van der Waals surface area contributed by atoms with Crippen LogP contribution in [0.15, 0.2) is 54.6 Å². The average molecular weight is 354 g/mol. The molecule has 0 bridgehead atoms. The van der Waals surface area contributed by atoms with Crippen molar-refractivity contribution in [1.29, 1.82) is 0 Å². The second-order valence-corrected chi connectivity index (χ2v) is 12.6. The molecule has 0 aliphatic heterocycles. The number of benzene rings is 2. The van der Waals surface area contributed by atoms with Crippen molar-refractivity contribution in [1.82, 2.24) is 4.98 Å². The Hall–Kier alpha value is -1.87. The monoisotopic (exact) mass is 353 g/mol. The first-order valence-electron chi connectivity index (χ1n) is 9.06. The second kappa shape index (κ2) is 7.57. The van der Waals surface area contributed by atoms with Crippen molar-refractivity contribution >= 4 is 19.3 Å². The van der Waals surface area contributed by atoms with Gasteiger partial charge in [0.2, 0.25) is 5.91 Å². The normalized spacial score (nSPS) is 13.4. The van der Waals surface area contributed by atoms with E-state index < -0.39 is 8.24 Å². The molecule has 0 aliphatic rings. The summed E-state index contributed by atoms with van der Waals surface area (Å²) in [7, 11) is -1.96. The van der Waals surface area contributed by atoms with Gasteiger partial charge in [-0.2, -0.15) is 0 Å². The first-order valence-corrected chi connectivity index (χ1v) is 12.1. The topological polar surface area (TPSA) is 29.1 Å². The third-order valence-electron chi connectivity index (χ3n) is 4.74. The smallest absolute Gasteiger partial charge is 0.215 e. The molecule has 0 aliphatic carbocycles. The number of hydrogen-bond donors (Lipinski definition) is 1. The van der Waals surface area contributed by atoms with Gasteiger partial charge in [-0.3, -0.25) is 4.79 Å². The minimum atomic E-state index is -1.96. The van der Waals surface area contributed by atoms with Crippen LogP contribution in [0, 0.1) is 5.92 Å². The van der Waals surface area contributed by atoms with E-state index >= 15 is 0 Å². The summed E-state index contributed by atoms with van der Waals surface area (Å²) in [5.41, 5.74) is 2.70. The molecule has 2 nitrogen and oxygen atoms in total. The fraction of sp³-hybridized carbons (Fsp3) is 0.409. The van der Waals surface area contributed by atoms with Gasteiger partial charge in [0, 0.05) is 5.92 Å². The third-order valence-corrected chi connectivity index (χ3v) is 7.39. The van der Waals surface area contributed by atoms with Gasteiger partial charge in [-0.25, -0.2) is 0 Å². The van der Waals surface area contributed by atoms with Crippen LogP contribution in [-0.4, -0.2) is 14.1 Å². The van der Waals surface area contributed by atoms with Gasteiger partial charge in [-0.15, -0.1) is 0 Å². The Kier molecular flexibility index (Phi) is 5.89. The van der Waals surface area contributed by atoms with Gasteiger partial charge in [-0.05, 0) is 41.2 Å². The van der Waals surface area contributed by atoms with E-state index in [-0.39, 0.29) is 17.2 Å². The summed E-state index contributed by atoms with van der Waals surface area (Å²) in [5, 5.41) is 1.25. The van der Waals surface area contributed by atoms with E-state index in [0.29, 0.717) is 0 Å². The largest absolute Gasteiger partial charge is 0.378 e. The maximum atomic E-state index is 12.7. The summed E-state index contributed by atoms with van der Waals surface area (Å²) in [6, 6.07) is 19.0. The molecule has 2 aromatic carbocycles. The van der Waals surface area contributed by atoms with E-state index in [9.17, 15) is 4.79 Å². The standard InChI is InChI=1S/C22H31NOSi/c1-17(16-18-12-14-19(15-13-18)22(2,3)4)21(24)23-25(5,6)20-10-8-7-9-11-20/h7-15,17H,16H2,1-6H3,(H,23,24). The van der Waals surface area contributed by atoms with Gasteiger partial charge >= 0.3 is 0 Å². The predicted octanol–water partition coefficient (Wildman–Crippen LogP) is 4.39. The predicted molar refractivity (Wildman–Crippen MR) is 110 cm³/mol. The summed E-state index contributed by atoms with van der Waals surface area (Å²) in [5.74, 6) is 0.122. The lowest BCUT2D eigenvalue weighted by atomic mass is 9.86. The quantitative estimate of drug-likeness (QED) is 0.794. The van der Waals surface area contributed by atoms with E-state index in [2.05, 4.69) is 75.2 Å². The van der Waals surface area contributed by atoms with Crippen molar-refractivity contribution in [3.05, 3.63) is 65.7 Å². The minimum absolute atomic E-state index is 0.0315. The number of hydrogen-bond acceptors (Lipinski definition) is 1. The van der Waals surface area contributed by atoms with E-state index in [1.54, 1.807) is 0 Å².